The van der Waals surface area contributed by atoms with Gasteiger partial charge in [0.1, 0.15) is 0 Å². The van der Waals surface area contributed by atoms with Crippen LogP contribution in [0, 0.1) is 23.7 Å². The summed E-state index contributed by atoms with van der Waals surface area (Å²) in [7, 11) is 0. The largest absolute Gasteiger partial charge is 0.314 e. The third kappa shape index (κ3) is 2.61. The normalized spacial score (nSPS) is 28.9. The predicted molar refractivity (Wildman–Crippen MR) is 68.4 cm³/mol. The van der Waals surface area contributed by atoms with E-state index >= 15 is 0 Å². The molecule has 1 nitrogen and oxygen atoms in total. The van der Waals surface area contributed by atoms with E-state index in [1.807, 2.05) is 0 Å². The fourth-order valence-corrected chi connectivity index (χ4v) is 3.71. The summed E-state index contributed by atoms with van der Waals surface area (Å²) in [5.41, 5.74) is 0. The second-order valence-electron chi connectivity index (χ2n) is 6.58. The molecule has 0 aromatic carbocycles. The van der Waals surface area contributed by atoms with Crippen LogP contribution in [0.4, 0.5) is 0 Å². The van der Waals surface area contributed by atoms with E-state index in [4.69, 9.17) is 0 Å². The van der Waals surface area contributed by atoms with Gasteiger partial charge in [0, 0.05) is 6.04 Å². The fourth-order valence-electron chi connectivity index (χ4n) is 3.71. The van der Waals surface area contributed by atoms with Gasteiger partial charge in [-0.05, 0) is 75.7 Å². The molecule has 1 N–H and O–H groups in total. The van der Waals surface area contributed by atoms with Gasteiger partial charge in [0.05, 0.1) is 0 Å². The van der Waals surface area contributed by atoms with E-state index in [1.165, 1.54) is 57.9 Å². The lowest BCUT2D eigenvalue weighted by Crippen LogP contribution is -2.37. The van der Waals surface area contributed by atoms with Gasteiger partial charge in [-0.2, -0.15) is 0 Å². The Balaban J connectivity index is 1.43. The molecule has 3 saturated carbocycles. The second-order valence-corrected chi connectivity index (χ2v) is 6.58. The van der Waals surface area contributed by atoms with Crippen molar-refractivity contribution in [2.24, 2.45) is 23.7 Å². The summed E-state index contributed by atoms with van der Waals surface area (Å²) in [5, 5.41) is 3.87. The van der Waals surface area contributed by atoms with Crippen molar-refractivity contribution in [3.63, 3.8) is 0 Å². The van der Waals surface area contributed by atoms with Crippen molar-refractivity contribution < 1.29 is 0 Å². The minimum absolute atomic E-state index is 0.780. The third-order valence-corrected chi connectivity index (χ3v) is 5.24. The Morgan fingerprint density at radius 1 is 0.875 bits per heavy atom. The SMILES string of the molecule is CC(NCC(C1CC1)C1CC1)C1CCCC1. The number of rotatable bonds is 6. The van der Waals surface area contributed by atoms with Gasteiger partial charge in [-0.3, -0.25) is 0 Å². The van der Waals surface area contributed by atoms with Gasteiger partial charge < -0.3 is 5.32 Å². The summed E-state index contributed by atoms with van der Waals surface area (Å²) in [6, 6.07) is 0.780. The van der Waals surface area contributed by atoms with Crippen LogP contribution in [0.3, 0.4) is 0 Å². The van der Waals surface area contributed by atoms with Crippen molar-refractivity contribution >= 4 is 0 Å². The van der Waals surface area contributed by atoms with Crippen LogP contribution >= 0.6 is 0 Å². The van der Waals surface area contributed by atoms with E-state index in [2.05, 4.69) is 12.2 Å². The molecule has 0 aromatic rings. The van der Waals surface area contributed by atoms with Gasteiger partial charge in [-0.15, -0.1) is 0 Å². The first-order valence-corrected chi connectivity index (χ1v) is 7.58. The topological polar surface area (TPSA) is 12.0 Å². The van der Waals surface area contributed by atoms with Crippen molar-refractivity contribution in [1.29, 1.82) is 0 Å². The molecule has 0 bridgehead atoms. The Morgan fingerprint density at radius 3 is 1.94 bits per heavy atom. The van der Waals surface area contributed by atoms with Crippen LogP contribution in [0.25, 0.3) is 0 Å². The quantitative estimate of drug-likeness (QED) is 0.723. The molecule has 3 aliphatic rings. The highest BCUT2D eigenvalue weighted by molar-refractivity contribution is 4.93. The summed E-state index contributed by atoms with van der Waals surface area (Å²) in [4.78, 5) is 0. The van der Waals surface area contributed by atoms with Gasteiger partial charge >= 0.3 is 0 Å². The molecule has 0 amide bonds. The van der Waals surface area contributed by atoms with Crippen molar-refractivity contribution in [3.8, 4) is 0 Å². The van der Waals surface area contributed by atoms with Crippen LogP contribution in [-0.2, 0) is 0 Å². The molecule has 16 heavy (non-hydrogen) atoms. The minimum Gasteiger partial charge on any atom is -0.314 e. The first-order valence-electron chi connectivity index (χ1n) is 7.58. The standard InChI is InChI=1S/C15H27N/c1-11(12-4-2-3-5-12)16-10-15(13-6-7-13)14-8-9-14/h11-16H,2-10H2,1H3. The number of hydrogen-bond acceptors (Lipinski definition) is 1. The highest BCUT2D eigenvalue weighted by Crippen LogP contribution is 2.48. The maximum atomic E-state index is 3.87. The van der Waals surface area contributed by atoms with Crippen LogP contribution in [0.2, 0.25) is 0 Å². The van der Waals surface area contributed by atoms with Gasteiger partial charge in [0.25, 0.3) is 0 Å². The zero-order valence-corrected chi connectivity index (χ0v) is 10.8. The van der Waals surface area contributed by atoms with E-state index < -0.39 is 0 Å². The monoisotopic (exact) mass is 221 g/mol. The van der Waals surface area contributed by atoms with E-state index in [0.29, 0.717) is 0 Å². The van der Waals surface area contributed by atoms with Gasteiger partial charge in [-0.1, -0.05) is 12.8 Å². The Morgan fingerprint density at radius 2 is 1.44 bits per heavy atom. The zero-order chi connectivity index (χ0) is 11.0. The van der Waals surface area contributed by atoms with Gasteiger partial charge in [-0.25, -0.2) is 0 Å². The highest BCUT2D eigenvalue weighted by Gasteiger charge is 2.41. The summed E-state index contributed by atoms with van der Waals surface area (Å²) < 4.78 is 0. The molecule has 3 aliphatic carbocycles. The fraction of sp³-hybridized carbons (Fsp3) is 1.00. The summed E-state index contributed by atoms with van der Waals surface area (Å²) in [5.74, 6) is 4.24. The lowest BCUT2D eigenvalue weighted by molar-refractivity contribution is 0.316. The molecule has 0 spiro atoms. The van der Waals surface area contributed by atoms with Crippen LogP contribution in [-0.4, -0.2) is 12.6 Å². The first kappa shape index (κ1) is 11.1. The average Bonchev–Trinajstić information content (AvgIpc) is 3.21. The molecule has 0 radical (unpaired) electrons. The average molecular weight is 221 g/mol. The van der Waals surface area contributed by atoms with E-state index in [-0.39, 0.29) is 0 Å². The molecule has 3 rings (SSSR count). The Kier molecular flexibility index (Phi) is 3.24. The molecule has 92 valence electrons. The number of nitrogens with one attached hydrogen (secondary N) is 1. The van der Waals surface area contributed by atoms with E-state index in [1.54, 1.807) is 0 Å². The second kappa shape index (κ2) is 4.68. The lowest BCUT2D eigenvalue weighted by Gasteiger charge is -2.24. The van der Waals surface area contributed by atoms with Crippen molar-refractivity contribution in [2.45, 2.75) is 64.3 Å². The molecule has 0 heterocycles. The van der Waals surface area contributed by atoms with Crippen molar-refractivity contribution in [3.05, 3.63) is 0 Å². The third-order valence-electron chi connectivity index (χ3n) is 5.24. The molecule has 0 aliphatic heterocycles. The van der Waals surface area contributed by atoms with Crippen molar-refractivity contribution in [1.82, 2.24) is 5.32 Å². The molecular weight excluding hydrogens is 194 g/mol. The van der Waals surface area contributed by atoms with Crippen LogP contribution in [0.15, 0.2) is 0 Å². The van der Waals surface area contributed by atoms with Crippen LogP contribution in [0.1, 0.15) is 58.3 Å². The highest BCUT2D eigenvalue weighted by atomic mass is 14.9. The molecular formula is C15H27N. The molecule has 1 unspecified atom stereocenters. The number of hydrogen-bond donors (Lipinski definition) is 1. The summed E-state index contributed by atoms with van der Waals surface area (Å²) in [6.07, 6.45) is 12.0. The molecule has 1 heteroatoms. The zero-order valence-electron chi connectivity index (χ0n) is 10.8. The van der Waals surface area contributed by atoms with E-state index in [9.17, 15) is 0 Å². The summed E-state index contributed by atoms with van der Waals surface area (Å²) >= 11 is 0. The molecule has 3 fully saturated rings. The first-order chi connectivity index (χ1) is 7.84. The Bertz CT molecular complexity index is 212. The maximum absolute atomic E-state index is 3.87. The van der Waals surface area contributed by atoms with Crippen LogP contribution < -0.4 is 5.32 Å². The smallest absolute Gasteiger partial charge is 0.00671 e. The van der Waals surface area contributed by atoms with Crippen molar-refractivity contribution in [2.75, 3.05) is 6.54 Å². The van der Waals surface area contributed by atoms with Crippen LogP contribution in [0.5, 0.6) is 0 Å². The summed E-state index contributed by atoms with van der Waals surface area (Å²) in [6.45, 7) is 3.75. The van der Waals surface area contributed by atoms with Gasteiger partial charge in [0.15, 0.2) is 0 Å². The molecule has 0 saturated heterocycles. The predicted octanol–water partition coefficient (Wildman–Crippen LogP) is 3.59. The Hall–Kier alpha value is -0.0400. The lowest BCUT2D eigenvalue weighted by atomic mass is 9.95. The Labute approximate surface area is 100 Å². The maximum Gasteiger partial charge on any atom is 0.00671 e. The molecule has 1 atom stereocenters. The minimum atomic E-state index is 0.780. The van der Waals surface area contributed by atoms with Gasteiger partial charge in [0.2, 0.25) is 0 Å². The van der Waals surface area contributed by atoms with E-state index in [0.717, 1.165) is 29.7 Å². The molecule has 0 aromatic heterocycles.